The van der Waals surface area contributed by atoms with Crippen LogP contribution in [0.5, 0.6) is 11.5 Å². The highest BCUT2D eigenvalue weighted by Gasteiger charge is 2.06. The number of hydrogen-bond donors (Lipinski definition) is 0. The van der Waals surface area contributed by atoms with E-state index in [-0.39, 0.29) is 5.82 Å². The van der Waals surface area contributed by atoms with Crippen molar-refractivity contribution in [2.75, 3.05) is 0 Å². The van der Waals surface area contributed by atoms with E-state index >= 15 is 0 Å². The van der Waals surface area contributed by atoms with Crippen LogP contribution in [-0.4, -0.2) is 6.29 Å². The van der Waals surface area contributed by atoms with Gasteiger partial charge in [-0.15, -0.1) is 0 Å². The number of rotatable bonds is 3. The number of benzene rings is 2. The number of carbonyl (C=O) groups excluding carboxylic acids is 1. The number of aryl methyl sites for hydroxylation is 1. The zero-order valence-corrected chi connectivity index (χ0v) is 9.31. The molecule has 0 bridgehead atoms. The maximum Gasteiger partial charge on any atom is 0.153 e. The van der Waals surface area contributed by atoms with Crippen LogP contribution >= 0.6 is 0 Å². The molecule has 86 valence electrons. The van der Waals surface area contributed by atoms with Gasteiger partial charge in [0.05, 0.1) is 5.56 Å². The maximum absolute atomic E-state index is 13.1. The predicted octanol–water partition coefficient (Wildman–Crippen LogP) is 3.74. The molecule has 0 heterocycles. The van der Waals surface area contributed by atoms with Gasteiger partial charge in [-0.1, -0.05) is 18.2 Å². The molecule has 2 rings (SSSR count). The Morgan fingerprint density at radius 1 is 1.12 bits per heavy atom. The maximum atomic E-state index is 13.1. The molecule has 0 fully saturated rings. The van der Waals surface area contributed by atoms with Crippen molar-refractivity contribution < 1.29 is 13.9 Å². The van der Waals surface area contributed by atoms with Crippen LogP contribution in [-0.2, 0) is 0 Å². The highest BCUT2D eigenvalue weighted by Crippen LogP contribution is 2.27. The summed E-state index contributed by atoms with van der Waals surface area (Å²) >= 11 is 0. The molecule has 0 unspecified atom stereocenters. The van der Waals surface area contributed by atoms with Crippen LogP contribution in [0.1, 0.15) is 15.9 Å². The van der Waals surface area contributed by atoms with Gasteiger partial charge in [0.15, 0.2) is 6.29 Å². The van der Waals surface area contributed by atoms with Crippen molar-refractivity contribution in [1.29, 1.82) is 0 Å². The van der Waals surface area contributed by atoms with E-state index in [1.807, 2.05) is 6.92 Å². The number of ether oxygens (including phenoxy) is 1. The molecule has 3 heteroatoms. The first-order valence-electron chi connectivity index (χ1n) is 5.19. The molecule has 0 amide bonds. The van der Waals surface area contributed by atoms with Crippen LogP contribution in [0, 0.1) is 12.7 Å². The first-order valence-corrected chi connectivity index (χ1v) is 5.19. The van der Waals surface area contributed by atoms with Gasteiger partial charge >= 0.3 is 0 Å². The van der Waals surface area contributed by atoms with Crippen molar-refractivity contribution >= 4 is 6.29 Å². The molecule has 0 spiro atoms. The quantitative estimate of drug-likeness (QED) is 0.751. The van der Waals surface area contributed by atoms with Crippen molar-refractivity contribution in [2.24, 2.45) is 0 Å². The van der Waals surface area contributed by atoms with Crippen molar-refractivity contribution in [1.82, 2.24) is 0 Å². The minimum absolute atomic E-state index is 0.366. The average molecular weight is 230 g/mol. The van der Waals surface area contributed by atoms with Crippen molar-refractivity contribution in [3.8, 4) is 11.5 Å². The van der Waals surface area contributed by atoms with Crippen LogP contribution < -0.4 is 4.74 Å². The van der Waals surface area contributed by atoms with Crippen LogP contribution in [0.15, 0.2) is 42.5 Å². The minimum Gasteiger partial charge on any atom is -0.456 e. The molecule has 0 radical (unpaired) electrons. The number of hydrogen-bond acceptors (Lipinski definition) is 2. The molecule has 0 aromatic heterocycles. The van der Waals surface area contributed by atoms with E-state index in [1.165, 1.54) is 12.1 Å². The first-order chi connectivity index (χ1) is 8.20. The Bertz CT molecular complexity index is 550. The lowest BCUT2D eigenvalue weighted by molar-refractivity contribution is 0.112. The van der Waals surface area contributed by atoms with Crippen molar-refractivity contribution in [3.05, 3.63) is 59.4 Å². The molecule has 0 atom stereocenters. The fraction of sp³-hybridized carbons (Fsp3) is 0.0714. The van der Waals surface area contributed by atoms with E-state index in [1.54, 1.807) is 30.3 Å². The van der Waals surface area contributed by atoms with E-state index in [4.69, 9.17) is 4.74 Å². The number of halogens is 1. The SMILES string of the molecule is Cc1ccc(F)cc1Oc1ccccc1C=O. The Morgan fingerprint density at radius 2 is 1.88 bits per heavy atom. The summed E-state index contributed by atoms with van der Waals surface area (Å²) in [7, 11) is 0. The summed E-state index contributed by atoms with van der Waals surface area (Å²) in [5.74, 6) is 0.477. The molecule has 0 aliphatic heterocycles. The molecule has 2 aromatic rings. The Kier molecular flexibility index (Phi) is 3.19. The van der Waals surface area contributed by atoms with Crippen LogP contribution in [0.25, 0.3) is 0 Å². The first kappa shape index (κ1) is 11.3. The molecule has 0 aliphatic rings. The average Bonchev–Trinajstić information content (AvgIpc) is 2.34. The van der Waals surface area contributed by atoms with Gasteiger partial charge in [-0.2, -0.15) is 0 Å². The normalized spacial score (nSPS) is 10.0. The zero-order valence-electron chi connectivity index (χ0n) is 9.31. The summed E-state index contributed by atoms with van der Waals surface area (Å²) in [5.41, 5.74) is 1.25. The highest BCUT2D eigenvalue weighted by molar-refractivity contribution is 5.79. The van der Waals surface area contributed by atoms with Gasteiger partial charge in [-0.05, 0) is 30.7 Å². The van der Waals surface area contributed by atoms with Crippen LogP contribution in [0.2, 0.25) is 0 Å². The van der Waals surface area contributed by atoms with E-state index < -0.39 is 0 Å². The largest absolute Gasteiger partial charge is 0.456 e. The van der Waals surface area contributed by atoms with Crippen molar-refractivity contribution in [2.45, 2.75) is 6.92 Å². The molecule has 2 nitrogen and oxygen atoms in total. The number of aldehydes is 1. The second-order valence-electron chi connectivity index (χ2n) is 3.67. The summed E-state index contributed by atoms with van der Waals surface area (Å²) in [4.78, 5) is 10.8. The smallest absolute Gasteiger partial charge is 0.153 e. The van der Waals surface area contributed by atoms with Gasteiger partial charge in [0, 0.05) is 6.07 Å². The molecule has 0 N–H and O–H groups in total. The summed E-state index contributed by atoms with van der Waals surface area (Å²) in [6, 6.07) is 11.1. The molecule has 0 saturated carbocycles. The summed E-state index contributed by atoms with van der Waals surface area (Å²) in [5, 5.41) is 0. The summed E-state index contributed by atoms with van der Waals surface area (Å²) in [6.45, 7) is 1.82. The lowest BCUT2D eigenvalue weighted by atomic mass is 10.2. The zero-order chi connectivity index (χ0) is 12.3. The number of carbonyl (C=O) groups is 1. The second-order valence-corrected chi connectivity index (χ2v) is 3.67. The van der Waals surface area contributed by atoms with Crippen LogP contribution in [0.3, 0.4) is 0 Å². The van der Waals surface area contributed by atoms with Gasteiger partial charge in [-0.3, -0.25) is 4.79 Å². The van der Waals surface area contributed by atoms with Gasteiger partial charge in [-0.25, -0.2) is 4.39 Å². The molecular formula is C14H11FO2. The molecule has 17 heavy (non-hydrogen) atoms. The van der Waals surface area contributed by atoms with E-state index in [0.29, 0.717) is 23.3 Å². The van der Waals surface area contributed by atoms with Crippen molar-refractivity contribution in [3.63, 3.8) is 0 Å². The predicted molar refractivity (Wildman–Crippen MR) is 63.0 cm³/mol. The van der Waals surface area contributed by atoms with E-state index in [9.17, 15) is 9.18 Å². The third-order valence-corrected chi connectivity index (χ3v) is 2.42. The third kappa shape index (κ3) is 2.50. The van der Waals surface area contributed by atoms with Crippen LogP contribution in [0.4, 0.5) is 4.39 Å². The topological polar surface area (TPSA) is 26.3 Å². The molecule has 0 aliphatic carbocycles. The highest BCUT2D eigenvalue weighted by atomic mass is 19.1. The summed E-state index contributed by atoms with van der Waals surface area (Å²) in [6.07, 6.45) is 0.712. The Balaban J connectivity index is 2.37. The number of para-hydroxylation sites is 1. The lowest BCUT2D eigenvalue weighted by Crippen LogP contribution is -1.92. The summed E-state index contributed by atoms with van der Waals surface area (Å²) < 4.78 is 18.6. The monoisotopic (exact) mass is 230 g/mol. The Hall–Kier alpha value is -2.16. The fourth-order valence-corrected chi connectivity index (χ4v) is 1.47. The second kappa shape index (κ2) is 4.78. The van der Waals surface area contributed by atoms with Gasteiger partial charge in [0.25, 0.3) is 0 Å². The molecule has 2 aromatic carbocycles. The molecular weight excluding hydrogens is 219 g/mol. The third-order valence-electron chi connectivity index (χ3n) is 2.42. The molecule has 0 saturated heterocycles. The van der Waals surface area contributed by atoms with E-state index in [2.05, 4.69) is 0 Å². The Morgan fingerprint density at radius 3 is 2.65 bits per heavy atom. The minimum atomic E-state index is -0.366. The van der Waals surface area contributed by atoms with E-state index in [0.717, 1.165) is 5.56 Å². The fourth-order valence-electron chi connectivity index (χ4n) is 1.47. The van der Waals surface area contributed by atoms with Gasteiger partial charge in [0.2, 0.25) is 0 Å². The van der Waals surface area contributed by atoms with Gasteiger partial charge < -0.3 is 4.74 Å². The van der Waals surface area contributed by atoms with Gasteiger partial charge in [0.1, 0.15) is 17.3 Å². The Labute approximate surface area is 98.7 Å². The lowest BCUT2D eigenvalue weighted by Gasteiger charge is -2.10. The standard InChI is InChI=1S/C14H11FO2/c1-10-6-7-12(15)8-14(10)17-13-5-3-2-4-11(13)9-16/h2-9H,1H3.